The zero-order valence-corrected chi connectivity index (χ0v) is 9.14. The number of aromatic nitrogens is 2. The Bertz CT molecular complexity index is 424. The predicted molar refractivity (Wildman–Crippen MR) is 60.8 cm³/mol. The third-order valence-electron chi connectivity index (χ3n) is 2.26. The lowest BCUT2D eigenvalue weighted by Crippen LogP contribution is -2.14. The molecule has 1 N–H and O–H groups in total. The van der Waals surface area contributed by atoms with Crippen LogP contribution in [0.15, 0.2) is 17.8 Å². The molecule has 2 rings (SSSR count). The molecule has 3 nitrogen and oxygen atoms in total. The van der Waals surface area contributed by atoms with Gasteiger partial charge in [0.25, 0.3) is 0 Å². The summed E-state index contributed by atoms with van der Waals surface area (Å²) in [6.45, 7) is 4.31. The first kappa shape index (κ1) is 9.40. The predicted octanol–water partition coefficient (Wildman–Crippen LogP) is 2.90. The molecule has 74 valence electrons. The highest BCUT2D eigenvalue weighted by Crippen LogP contribution is 2.24. The zero-order valence-electron chi connectivity index (χ0n) is 8.32. The van der Waals surface area contributed by atoms with Crippen LogP contribution >= 0.6 is 11.3 Å². The van der Waals surface area contributed by atoms with Crippen LogP contribution < -0.4 is 5.32 Å². The lowest BCUT2D eigenvalue weighted by atomic mass is 10.2. The van der Waals surface area contributed by atoms with Crippen molar-refractivity contribution in [2.45, 2.75) is 26.3 Å². The van der Waals surface area contributed by atoms with Crippen molar-refractivity contribution in [1.82, 2.24) is 9.97 Å². The van der Waals surface area contributed by atoms with Crippen molar-refractivity contribution in [2.24, 2.45) is 0 Å². The van der Waals surface area contributed by atoms with E-state index in [0.717, 1.165) is 22.5 Å². The van der Waals surface area contributed by atoms with Crippen molar-refractivity contribution in [3.05, 3.63) is 17.8 Å². The molecule has 0 aliphatic rings. The first-order valence-corrected chi connectivity index (χ1v) is 5.64. The van der Waals surface area contributed by atoms with Gasteiger partial charge in [0.1, 0.15) is 17.0 Å². The minimum absolute atomic E-state index is 0.452. The lowest BCUT2D eigenvalue weighted by molar-refractivity contribution is 0.760. The second-order valence-corrected chi connectivity index (χ2v) is 4.21. The van der Waals surface area contributed by atoms with Gasteiger partial charge in [-0.15, -0.1) is 11.3 Å². The van der Waals surface area contributed by atoms with Crippen LogP contribution in [0.3, 0.4) is 0 Å². The van der Waals surface area contributed by atoms with Crippen molar-refractivity contribution < 1.29 is 0 Å². The Morgan fingerprint density at radius 2 is 2.36 bits per heavy atom. The monoisotopic (exact) mass is 207 g/mol. The van der Waals surface area contributed by atoms with Crippen molar-refractivity contribution in [3.8, 4) is 0 Å². The van der Waals surface area contributed by atoms with Crippen LogP contribution in [0.5, 0.6) is 0 Å². The van der Waals surface area contributed by atoms with E-state index in [2.05, 4.69) is 35.2 Å². The molecule has 0 aromatic carbocycles. The van der Waals surface area contributed by atoms with Gasteiger partial charge in [-0.25, -0.2) is 9.97 Å². The highest BCUT2D eigenvalue weighted by Gasteiger charge is 2.06. The Kier molecular flexibility index (Phi) is 2.63. The first-order chi connectivity index (χ1) is 6.81. The van der Waals surface area contributed by atoms with Crippen LogP contribution in [0.25, 0.3) is 10.2 Å². The molecule has 0 spiro atoms. The summed E-state index contributed by atoms with van der Waals surface area (Å²) in [6.07, 6.45) is 2.71. The maximum absolute atomic E-state index is 4.25. The summed E-state index contributed by atoms with van der Waals surface area (Å²) < 4.78 is 0. The molecule has 2 heterocycles. The number of thiophene rings is 1. The van der Waals surface area contributed by atoms with Crippen LogP contribution in [-0.2, 0) is 0 Å². The van der Waals surface area contributed by atoms with Gasteiger partial charge in [-0.3, -0.25) is 0 Å². The molecule has 0 amide bonds. The van der Waals surface area contributed by atoms with E-state index in [9.17, 15) is 0 Å². The molecule has 0 aliphatic carbocycles. The molecule has 4 heteroatoms. The van der Waals surface area contributed by atoms with Crippen molar-refractivity contribution in [1.29, 1.82) is 0 Å². The zero-order chi connectivity index (χ0) is 9.97. The normalized spacial score (nSPS) is 13.0. The molecule has 1 atom stereocenters. The summed E-state index contributed by atoms with van der Waals surface area (Å²) in [5.74, 6) is 0.950. The smallest absolute Gasteiger partial charge is 0.138 e. The number of fused-ring (bicyclic) bond motifs is 1. The van der Waals surface area contributed by atoms with Crippen LogP contribution in [0, 0.1) is 0 Å². The molecule has 0 fully saturated rings. The van der Waals surface area contributed by atoms with Gasteiger partial charge in [0.15, 0.2) is 0 Å². The van der Waals surface area contributed by atoms with Crippen molar-refractivity contribution >= 4 is 27.4 Å². The highest BCUT2D eigenvalue weighted by molar-refractivity contribution is 7.16. The van der Waals surface area contributed by atoms with Crippen LogP contribution in [0.1, 0.15) is 20.3 Å². The van der Waals surface area contributed by atoms with Gasteiger partial charge in [-0.1, -0.05) is 6.92 Å². The summed E-state index contributed by atoms with van der Waals surface area (Å²) in [4.78, 5) is 9.50. The summed E-state index contributed by atoms with van der Waals surface area (Å²) in [5, 5.41) is 6.54. The topological polar surface area (TPSA) is 37.8 Å². The maximum Gasteiger partial charge on any atom is 0.138 e. The van der Waals surface area contributed by atoms with Crippen LogP contribution in [0.4, 0.5) is 5.82 Å². The Labute approximate surface area is 87.2 Å². The fourth-order valence-electron chi connectivity index (χ4n) is 1.24. The van der Waals surface area contributed by atoms with Crippen LogP contribution in [0.2, 0.25) is 0 Å². The lowest BCUT2D eigenvalue weighted by Gasteiger charge is -2.12. The fraction of sp³-hybridized carbons (Fsp3) is 0.400. The average molecular weight is 207 g/mol. The van der Waals surface area contributed by atoms with E-state index in [0.29, 0.717) is 6.04 Å². The molecular weight excluding hydrogens is 194 g/mol. The first-order valence-electron chi connectivity index (χ1n) is 4.76. The molecule has 2 aromatic heterocycles. The van der Waals surface area contributed by atoms with Crippen molar-refractivity contribution in [3.63, 3.8) is 0 Å². The molecule has 0 saturated carbocycles. The number of hydrogen-bond acceptors (Lipinski definition) is 4. The van der Waals surface area contributed by atoms with Gasteiger partial charge in [0.05, 0.1) is 5.39 Å². The third-order valence-corrected chi connectivity index (χ3v) is 3.08. The van der Waals surface area contributed by atoms with Gasteiger partial charge in [-0.05, 0) is 24.8 Å². The number of nitrogens with one attached hydrogen (secondary N) is 1. The Morgan fingerprint density at radius 1 is 1.50 bits per heavy atom. The van der Waals surface area contributed by atoms with E-state index in [4.69, 9.17) is 0 Å². The largest absolute Gasteiger partial charge is 0.367 e. The van der Waals surface area contributed by atoms with Gasteiger partial charge in [0.2, 0.25) is 0 Å². The SMILES string of the molecule is CCC(C)Nc1ncnc2sccc12. The standard InChI is InChI=1S/C10H13N3S/c1-3-7(2)13-9-8-4-5-14-10(8)12-6-11-9/h4-7H,3H2,1-2H3,(H,11,12,13). The Hall–Kier alpha value is -1.16. The molecule has 0 saturated heterocycles. The summed E-state index contributed by atoms with van der Waals surface area (Å²) in [6, 6.07) is 2.51. The highest BCUT2D eigenvalue weighted by atomic mass is 32.1. The van der Waals surface area contributed by atoms with E-state index in [-0.39, 0.29) is 0 Å². The molecule has 0 bridgehead atoms. The molecule has 1 unspecified atom stereocenters. The van der Waals surface area contributed by atoms with Gasteiger partial charge >= 0.3 is 0 Å². The fourth-order valence-corrected chi connectivity index (χ4v) is 1.97. The third kappa shape index (κ3) is 1.70. The molecule has 2 aromatic rings. The average Bonchev–Trinajstić information content (AvgIpc) is 2.66. The number of anilines is 1. The van der Waals surface area contributed by atoms with Crippen molar-refractivity contribution in [2.75, 3.05) is 5.32 Å². The van der Waals surface area contributed by atoms with E-state index in [1.807, 2.05) is 5.38 Å². The van der Waals surface area contributed by atoms with Gasteiger partial charge < -0.3 is 5.32 Å². The van der Waals surface area contributed by atoms with E-state index in [1.54, 1.807) is 17.7 Å². The second-order valence-electron chi connectivity index (χ2n) is 3.32. The second kappa shape index (κ2) is 3.92. The quantitative estimate of drug-likeness (QED) is 0.841. The number of rotatable bonds is 3. The Morgan fingerprint density at radius 3 is 3.14 bits per heavy atom. The summed E-state index contributed by atoms with van der Waals surface area (Å²) >= 11 is 1.65. The molecule has 14 heavy (non-hydrogen) atoms. The summed E-state index contributed by atoms with van der Waals surface area (Å²) in [5.41, 5.74) is 0. The molecule has 0 aliphatic heterocycles. The Balaban J connectivity index is 2.36. The van der Waals surface area contributed by atoms with E-state index in [1.165, 1.54) is 0 Å². The van der Waals surface area contributed by atoms with E-state index >= 15 is 0 Å². The minimum atomic E-state index is 0.452. The maximum atomic E-state index is 4.25. The van der Waals surface area contributed by atoms with Gasteiger partial charge in [-0.2, -0.15) is 0 Å². The molecular formula is C10H13N3S. The number of nitrogens with zero attached hydrogens (tertiary/aromatic N) is 2. The van der Waals surface area contributed by atoms with Gasteiger partial charge in [0, 0.05) is 6.04 Å². The number of hydrogen-bond donors (Lipinski definition) is 1. The minimum Gasteiger partial charge on any atom is -0.367 e. The molecule has 0 radical (unpaired) electrons. The van der Waals surface area contributed by atoms with E-state index < -0.39 is 0 Å². The summed E-state index contributed by atoms with van der Waals surface area (Å²) in [7, 11) is 0. The van der Waals surface area contributed by atoms with Crippen LogP contribution in [-0.4, -0.2) is 16.0 Å².